The number of phenolic OH excluding ortho intramolecular Hbond substituents is 1. The van der Waals surface area contributed by atoms with Gasteiger partial charge in [0.15, 0.2) is 0 Å². The molecule has 0 spiro atoms. The molecule has 0 aliphatic carbocycles. The highest BCUT2D eigenvalue weighted by Crippen LogP contribution is 2.37. The van der Waals surface area contributed by atoms with Crippen LogP contribution in [0.5, 0.6) is 5.75 Å². The molecule has 0 radical (unpaired) electrons. The van der Waals surface area contributed by atoms with Crippen LogP contribution in [0.1, 0.15) is 12.8 Å². The van der Waals surface area contributed by atoms with Crippen molar-refractivity contribution in [3.63, 3.8) is 0 Å². The monoisotopic (exact) mass is 320 g/mol. The van der Waals surface area contributed by atoms with E-state index in [1.165, 1.54) is 0 Å². The molecule has 1 aromatic carbocycles. The number of rotatable bonds is 1. The Morgan fingerprint density at radius 1 is 1.17 bits per heavy atom. The minimum absolute atomic E-state index is 0.127. The largest absolute Gasteiger partial charge is 0.506 e. The van der Waals surface area contributed by atoms with E-state index in [-0.39, 0.29) is 5.75 Å². The van der Waals surface area contributed by atoms with Crippen molar-refractivity contribution in [2.24, 2.45) is 0 Å². The summed E-state index contributed by atoms with van der Waals surface area (Å²) < 4.78 is 0. The van der Waals surface area contributed by atoms with E-state index in [1.54, 1.807) is 12.3 Å². The van der Waals surface area contributed by atoms with Crippen molar-refractivity contribution in [2.45, 2.75) is 12.8 Å². The lowest BCUT2D eigenvalue weighted by atomic mass is 10.1. The maximum Gasteiger partial charge on any atom is 0.229 e. The van der Waals surface area contributed by atoms with Crippen LogP contribution >= 0.6 is 0 Å². The second-order valence-electron chi connectivity index (χ2n) is 6.17. The van der Waals surface area contributed by atoms with Gasteiger partial charge in [-0.05, 0) is 31.0 Å². The van der Waals surface area contributed by atoms with Crippen LogP contribution in [-0.2, 0) is 0 Å². The maximum atomic E-state index is 10.3. The fourth-order valence-electron chi connectivity index (χ4n) is 3.56. The SMILES string of the molecule is Nc1nc(N2CCCC2)nc2[nH]c3c4cccnc4c(O)cc3c12. The predicted octanol–water partition coefficient (Wildman–Crippen LogP) is 2.55. The summed E-state index contributed by atoms with van der Waals surface area (Å²) in [5.74, 6) is 1.22. The number of nitrogens with one attached hydrogen (secondary N) is 1. The maximum absolute atomic E-state index is 10.3. The molecule has 0 amide bonds. The molecule has 1 fully saturated rings. The van der Waals surface area contributed by atoms with Gasteiger partial charge in [-0.2, -0.15) is 9.97 Å². The van der Waals surface area contributed by atoms with Crippen LogP contribution in [-0.4, -0.2) is 38.1 Å². The Morgan fingerprint density at radius 2 is 2.00 bits per heavy atom. The van der Waals surface area contributed by atoms with E-state index in [2.05, 4.69) is 24.8 Å². The number of anilines is 2. The van der Waals surface area contributed by atoms with Gasteiger partial charge in [0.05, 0.1) is 10.9 Å². The number of nitrogen functional groups attached to an aromatic ring is 1. The third kappa shape index (κ3) is 1.75. The highest BCUT2D eigenvalue weighted by atomic mass is 16.3. The molecule has 0 atom stereocenters. The first-order chi connectivity index (χ1) is 11.7. The number of nitrogens with zero attached hydrogens (tertiary/aromatic N) is 4. The Kier molecular flexibility index (Phi) is 2.62. The van der Waals surface area contributed by atoms with E-state index in [4.69, 9.17) is 5.73 Å². The lowest BCUT2D eigenvalue weighted by Crippen LogP contribution is -2.20. The van der Waals surface area contributed by atoms with E-state index in [0.717, 1.165) is 47.6 Å². The fraction of sp³-hybridized carbons (Fsp3) is 0.235. The van der Waals surface area contributed by atoms with E-state index in [9.17, 15) is 5.11 Å². The van der Waals surface area contributed by atoms with Gasteiger partial charge in [0.25, 0.3) is 0 Å². The van der Waals surface area contributed by atoms with Crippen molar-refractivity contribution in [3.8, 4) is 5.75 Å². The van der Waals surface area contributed by atoms with Crippen LogP contribution < -0.4 is 10.6 Å². The molecule has 7 heteroatoms. The third-order valence-electron chi connectivity index (χ3n) is 4.70. The Bertz CT molecular complexity index is 1100. The summed E-state index contributed by atoms with van der Waals surface area (Å²) in [4.78, 5) is 18.9. The fourth-order valence-corrected chi connectivity index (χ4v) is 3.56. The highest BCUT2D eigenvalue weighted by molar-refractivity contribution is 6.19. The third-order valence-corrected chi connectivity index (χ3v) is 4.70. The first-order valence-electron chi connectivity index (χ1n) is 8.03. The van der Waals surface area contributed by atoms with Gasteiger partial charge in [-0.3, -0.25) is 4.98 Å². The molecule has 4 aromatic rings. The van der Waals surface area contributed by atoms with Gasteiger partial charge in [0.2, 0.25) is 5.95 Å². The molecule has 1 aliphatic heterocycles. The number of H-pyrrole nitrogens is 1. The van der Waals surface area contributed by atoms with Crippen molar-refractivity contribution in [1.29, 1.82) is 0 Å². The minimum atomic E-state index is 0.127. The van der Waals surface area contributed by atoms with E-state index < -0.39 is 0 Å². The van der Waals surface area contributed by atoms with Gasteiger partial charge >= 0.3 is 0 Å². The summed E-state index contributed by atoms with van der Waals surface area (Å²) in [6.45, 7) is 1.91. The number of nitrogens with two attached hydrogens (primary N) is 1. The molecule has 7 nitrogen and oxygen atoms in total. The van der Waals surface area contributed by atoms with Gasteiger partial charge in [0.1, 0.15) is 22.7 Å². The number of hydrogen-bond donors (Lipinski definition) is 3. The zero-order chi connectivity index (χ0) is 16.3. The minimum Gasteiger partial charge on any atom is -0.506 e. The van der Waals surface area contributed by atoms with Crippen LogP contribution in [0.15, 0.2) is 24.4 Å². The molecule has 0 saturated carbocycles. The Labute approximate surface area is 137 Å². The highest BCUT2D eigenvalue weighted by Gasteiger charge is 2.20. The summed E-state index contributed by atoms with van der Waals surface area (Å²) >= 11 is 0. The molecular weight excluding hydrogens is 304 g/mol. The van der Waals surface area contributed by atoms with Crippen LogP contribution in [0.4, 0.5) is 11.8 Å². The van der Waals surface area contributed by atoms with Crippen molar-refractivity contribution < 1.29 is 5.11 Å². The van der Waals surface area contributed by atoms with E-state index in [0.29, 0.717) is 22.9 Å². The molecule has 4 N–H and O–H groups in total. The number of benzene rings is 1. The standard InChI is InChI=1S/C17H16N6O/c18-15-12-10-8-11(24)14-9(4-3-5-19-14)13(10)20-16(12)22-17(21-15)23-6-1-2-7-23/h3-5,8,24H,1-2,6-7H2,(H3,18,20,21,22). The number of phenols is 1. The molecule has 5 rings (SSSR count). The predicted molar refractivity (Wildman–Crippen MR) is 94.2 cm³/mol. The molecule has 3 aromatic heterocycles. The summed E-state index contributed by atoms with van der Waals surface area (Å²) in [6.07, 6.45) is 3.96. The van der Waals surface area contributed by atoms with Gasteiger partial charge in [0, 0.05) is 30.1 Å². The second kappa shape index (κ2) is 4.70. The molecule has 0 bridgehead atoms. The average Bonchev–Trinajstić information content (AvgIpc) is 3.23. The van der Waals surface area contributed by atoms with Crippen molar-refractivity contribution in [3.05, 3.63) is 24.4 Å². The number of hydrogen-bond acceptors (Lipinski definition) is 6. The zero-order valence-corrected chi connectivity index (χ0v) is 13.0. The molecule has 120 valence electrons. The zero-order valence-electron chi connectivity index (χ0n) is 13.0. The molecular formula is C17H16N6O. The van der Waals surface area contributed by atoms with E-state index >= 15 is 0 Å². The molecule has 1 saturated heterocycles. The van der Waals surface area contributed by atoms with Crippen LogP contribution in [0.3, 0.4) is 0 Å². The number of aromatic nitrogens is 4. The quantitative estimate of drug-likeness (QED) is 0.498. The van der Waals surface area contributed by atoms with Crippen LogP contribution in [0, 0.1) is 0 Å². The lowest BCUT2D eigenvalue weighted by Gasteiger charge is -2.15. The Hall–Kier alpha value is -3.09. The number of aromatic hydroxyl groups is 1. The summed E-state index contributed by atoms with van der Waals surface area (Å²) in [6, 6.07) is 5.45. The van der Waals surface area contributed by atoms with Gasteiger partial charge in [-0.15, -0.1) is 0 Å². The van der Waals surface area contributed by atoms with Gasteiger partial charge < -0.3 is 20.7 Å². The molecule has 4 heterocycles. The molecule has 24 heavy (non-hydrogen) atoms. The van der Waals surface area contributed by atoms with Crippen molar-refractivity contribution in [2.75, 3.05) is 23.7 Å². The average molecular weight is 320 g/mol. The van der Waals surface area contributed by atoms with Crippen molar-refractivity contribution >= 4 is 44.6 Å². The number of pyridine rings is 1. The Balaban J connectivity index is 1.87. The van der Waals surface area contributed by atoms with Crippen LogP contribution in [0.2, 0.25) is 0 Å². The smallest absolute Gasteiger partial charge is 0.229 e. The number of aromatic amines is 1. The van der Waals surface area contributed by atoms with Crippen molar-refractivity contribution in [1.82, 2.24) is 19.9 Å². The number of fused-ring (bicyclic) bond motifs is 5. The van der Waals surface area contributed by atoms with Crippen LogP contribution in [0.25, 0.3) is 32.8 Å². The summed E-state index contributed by atoms with van der Waals surface area (Å²) in [5, 5.41) is 12.7. The second-order valence-corrected chi connectivity index (χ2v) is 6.17. The summed E-state index contributed by atoms with van der Waals surface area (Å²) in [5.41, 5.74) is 8.35. The summed E-state index contributed by atoms with van der Waals surface area (Å²) in [7, 11) is 0. The molecule has 1 aliphatic rings. The normalized spacial score (nSPS) is 15.1. The first-order valence-corrected chi connectivity index (χ1v) is 8.03. The topological polar surface area (TPSA) is 104 Å². The van der Waals surface area contributed by atoms with E-state index in [1.807, 2.05) is 12.1 Å². The molecule has 0 unspecified atom stereocenters. The first kappa shape index (κ1) is 13.4. The van der Waals surface area contributed by atoms with Gasteiger partial charge in [-0.1, -0.05) is 0 Å². The lowest BCUT2D eigenvalue weighted by molar-refractivity contribution is 0.481. The Morgan fingerprint density at radius 3 is 2.83 bits per heavy atom. The van der Waals surface area contributed by atoms with Gasteiger partial charge in [-0.25, -0.2) is 0 Å².